The van der Waals surface area contributed by atoms with Gasteiger partial charge in [0.15, 0.2) is 5.78 Å². The molecule has 1 fully saturated rings. The van der Waals surface area contributed by atoms with Crippen molar-refractivity contribution in [2.75, 3.05) is 5.88 Å². The number of carbonyl (C=O) groups is 2. The van der Waals surface area contributed by atoms with E-state index in [-0.39, 0.29) is 30.0 Å². The van der Waals surface area contributed by atoms with Gasteiger partial charge in [-0.3, -0.25) is 9.59 Å². The maximum Gasteiger partial charge on any atom is 0.416 e. The quantitative estimate of drug-likeness (QED) is 0.432. The minimum Gasteiger partial charge on any atom is -0.325 e. The standard InChI is InChI=1S/C23H26ClF3N2O2S/c1-14(2)8-19(30)22(9-17(10-22)21-28-12-15(3)32-21)29(20(31)11-24)13-16-4-6-18(7-5-16)23(25,26)27/h4-7,12,14,17H,8-11,13H2,1-3H3. The first-order valence-electron chi connectivity index (χ1n) is 10.4. The normalized spacial score (nSPS) is 20.8. The van der Waals surface area contributed by atoms with Crippen molar-refractivity contribution in [2.24, 2.45) is 5.92 Å². The molecule has 0 aliphatic heterocycles. The molecule has 3 rings (SSSR count). The van der Waals surface area contributed by atoms with Gasteiger partial charge in [-0.05, 0) is 43.4 Å². The Labute approximate surface area is 194 Å². The predicted molar refractivity (Wildman–Crippen MR) is 119 cm³/mol. The van der Waals surface area contributed by atoms with Gasteiger partial charge >= 0.3 is 6.18 Å². The van der Waals surface area contributed by atoms with Crippen LogP contribution in [0.3, 0.4) is 0 Å². The maximum absolute atomic E-state index is 13.4. The molecule has 1 aliphatic rings. The van der Waals surface area contributed by atoms with Crippen molar-refractivity contribution in [2.45, 2.75) is 64.2 Å². The van der Waals surface area contributed by atoms with Crippen LogP contribution in [0.15, 0.2) is 30.5 Å². The smallest absolute Gasteiger partial charge is 0.325 e. The number of benzene rings is 1. The molecule has 32 heavy (non-hydrogen) atoms. The van der Waals surface area contributed by atoms with Crippen LogP contribution in [0.4, 0.5) is 13.2 Å². The topological polar surface area (TPSA) is 50.3 Å². The first kappa shape index (κ1) is 24.7. The van der Waals surface area contributed by atoms with Crippen molar-refractivity contribution in [3.05, 3.63) is 51.5 Å². The fourth-order valence-electron chi connectivity index (χ4n) is 4.18. The van der Waals surface area contributed by atoms with Gasteiger partial charge in [0.05, 0.1) is 10.6 Å². The molecular formula is C23H26ClF3N2O2S. The lowest BCUT2D eigenvalue weighted by atomic mass is 9.63. The molecule has 1 heterocycles. The molecule has 0 saturated heterocycles. The molecule has 0 unspecified atom stereocenters. The van der Waals surface area contributed by atoms with Crippen molar-refractivity contribution in [3.8, 4) is 0 Å². The highest BCUT2D eigenvalue weighted by molar-refractivity contribution is 7.11. The van der Waals surface area contributed by atoms with Crippen LogP contribution in [-0.2, 0) is 22.3 Å². The van der Waals surface area contributed by atoms with Gasteiger partial charge in [0, 0.05) is 30.0 Å². The molecule has 0 N–H and O–H groups in total. The molecule has 9 heteroatoms. The average Bonchev–Trinajstić information content (AvgIpc) is 3.10. The summed E-state index contributed by atoms with van der Waals surface area (Å²) in [6.45, 7) is 5.87. The van der Waals surface area contributed by atoms with Crippen molar-refractivity contribution in [1.82, 2.24) is 9.88 Å². The summed E-state index contributed by atoms with van der Waals surface area (Å²) in [6, 6.07) is 4.67. The van der Waals surface area contributed by atoms with Crippen LogP contribution in [0.25, 0.3) is 0 Å². The van der Waals surface area contributed by atoms with Gasteiger partial charge in [0.25, 0.3) is 0 Å². The predicted octanol–water partition coefficient (Wildman–Crippen LogP) is 5.97. The van der Waals surface area contributed by atoms with Gasteiger partial charge in [-0.15, -0.1) is 22.9 Å². The van der Waals surface area contributed by atoms with Gasteiger partial charge < -0.3 is 4.90 Å². The van der Waals surface area contributed by atoms with Gasteiger partial charge in [-0.2, -0.15) is 13.2 Å². The Hall–Kier alpha value is -1.93. The zero-order valence-electron chi connectivity index (χ0n) is 18.2. The van der Waals surface area contributed by atoms with E-state index in [2.05, 4.69) is 4.98 Å². The zero-order valence-corrected chi connectivity index (χ0v) is 19.8. The number of carbonyl (C=O) groups excluding carboxylic acids is 2. The Morgan fingerprint density at radius 1 is 1.25 bits per heavy atom. The molecule has 2 aromatic rings. The third-order valence-corrected chi connectivity index (χ3v) is 7.13. The summed E-state index contributed by atoms with van der Waals surface area (Å²) in [4.78, 5) is 33.2. The van der Waals surface area contributed by atoms with Gasteiger partial charge in [0.2, 0.25) is 5.91 Å². The van der Waals surface area contributed by atoms with E-state index in [1.807, 2.05) is 20.8 Å². The Morgan fingerprint density at radius 2 is 1.88 bits per heavy atom. The molecule has 174 valence electrons. The maximum atomic E-state index is 13.4. The second-order valence-corrected chi connectivity index (χ2v) is 10.3. The van der Waals surface area contributed by atoms with E-state index in [0.717, 1.165) is 22.0 Å². The molecule has 0 spiro atoms. The average molecular weight is 487 g/mol. The number of nitrogens with zero attached hydrogens (tertiary/aromatic N) is 2. The number of hydrogen-bond donors (Lipinski definition) is 0. The molecule has 4 nitrogen and oxygen atoms in total. The summed E-state index contributed by atoms with van der Waals surface area (Å²) in [6.07, 6.45) is -1.46. The second kappa shape index (κ2) is 9.51. The van der Waals surface area contributed by atoms with Crippen molar-refractivity contribution in [1.29, 1.82) is 0 Å². The number of amides is 1. The molecule has 1 aliphatic carbocycles. The largest absolute Gasteiger partial charge is 0.416 e. The fourth-order valence-corrected chi connectivity index (χ4v) is 5.20. The SMILES string of the molecule is Cc1cnc(C2CC(C(=O)CC(C)C)(N(Cc3ccc(C(F)(F)F)cc3)C(=O)CCl)C2)s1. The van der Waals surface area contributed by atoms with Crippen LogP contribution in [0.1, 0.15) is 60.0 Å². The van der Waals surface area contributed by atoms with E-state index in [0.29, 0.717) is 24.8 Å². The Bertz CT molecular complexity index is 966. The van der Waals surface area contributed by atoms with Crippen LogP contribution in [0.2, 0.25) is 0 Å². The number of thiazole rings is 1. The van der Waals surface area contributed by atoms with Gasteiger partial charge in [0.1, 0.15) is 11.4 Å². The minimum atomic E-state index is -4.44. The molecule has 1 aromatic carbocycles. The molecule has 0 bridgehead atoms. The lowest BCUT2D eigenvalue weighted by molar-refractivity contribution is -0.154. The summed E-state index contributed by atoms with van der Waals surface area (Å²) in [5, 5.41) is 0.934. The number of aromatic nitrogens is 1. The summed E-state index contributed by atoms with van der Waals surface area (Å²) in [5.41, 5.74) is -1.27. The number of rotatable bonds is 8. The Balaban J connectivity index is 1.91. The van der Waals surface area contributed by atoms with E-state index in [9.17, 15) is 22.8 Å². The summed E-state index contributed by atoms with van der Waals surface area (Å²) >= 11 is 7.46. The summed E-state index contributed by atoms with van der Waals surface area (Å²) in [7, 11) is 0. The highest BCUT2D eigenvalue weighted by atomic mass is 35.5. The summed E-state index contributed by atoms with van der Waals surface area (Å²) in [5.74, 6) is -0.583. The van der Waals surface area contributed by atoms with Gasteiger partial charge in [-0.25, -0.2) is 4.98 Å². The second-order valence-electron chi connectivity index (χ2n) is 8.78. The molecule has 1 saturated carbocycles. The minimum absolute atomic E-state index is 0.0249. The molecule has 1 aromatic heterocycles. The van der Waals surface area contributed by atoms with Crippen LogP contribution in [-0.4, -0.2) is 33.0 Å². The van der Waals surface area contributed by atoms with Crippen molar-refractivity contribution >= 4 is 34.6 Å². The highest BCUT2D eigenvalue weighted by Gasteiger charge is 2.56. The number of ketones is 1. The monoisotopic (exact) mass is 486 g/mol. The van der Waals surface area contributed by atoms with E-state index in [4.69, 9.17) is 11.6 Å². The number of Topliss-reactive ketones (excluding diaryl/α,β-unsaturated/α-hetero) is 1. The first-order valence-corrected chi connectivity index (χ1v) is 11.8. The summed E-state index contributed by atoms with van der Waals surface area (Å²) < 4.78 is 38.8. The molecule has 0 atom stereocenters. The highest BCUT2D eigenvalue weighted by Crippen LogP contribution is 2.51. The van der Waals surface area contributed by atoms with E-state index >= 15 is 0 Å². The molecule has 1 amide bonds. The van der Waals surface area contributed by atoms with E-state index in [1.165, 1.54) is 17.0 Å². The van der Waals surface area contributed by atoms with Gasteiger partial charge in [-0.1, -0.05) is 26.0 Å². The van der Waals surface area contributed by atoms with E-state index in [1.54, 1.807) is 17.5 Å². The number of alkyl halides is 4. The number of halogens is 4. The fraction of sp³-hybridized carbons (Fsp3) is 0.522. The van der Waals surface area contributed by atoms with Crippen molar-refractivity contribution in [3.63, 3.8) is 0 Å². The van der Waals surface area contributed by atoms with E-state index < -0.39 is 23.2 Å². The van der Waals surface area contributed by atoms with Crippen LogP contribution in [0.5, 0.6) is 0 Å². The van der Waals surface area contributed by atoms with Crippen LogP contribution in [0, 0.1) is 12.8 Å². The van der Waals surface area contributed by atoms with Crippen LogP contribution >= 0.6 is 22.9 Å². The third-order valence-electron chi connectivity index (χ3n) is 5.82. The lowest BCUT2D eigenvalue weighted by Crippen LogP contribution is -2.63. The molecule has 0 radical (unpaired) electrons. The Morgan fingerprint density at radius 3 is 2.34 bits per heavy atom. The number of hydrogen-bond acceptors (Lipinski definition) is 4. The first-order chi connectivity index (χ1) is 15.0. The molecular weight excluding hydrogens is 461 g/mol. The lowest BCUT2D eigenvalue weighted by Gasteiger charge is -2.52. The number of aryl methyl sites for hydroxylation is 1. The van der Waals surface area contributed by atoms with Crippen LogP contribution < -0.4 is 0 Å². The Kier molecular flexibility index (Phi) is 7.34. The third kappa shape index (κ3) is 5.17. The zero-order chi connectivity index (χ0) is 23.7. The van der Waals surface area contributed by atoms with Crippen molar-refractivity contribution < 1.29 is 22.8 Å².